The molecule has 0 saturated heterocycles. The summed E-state index contributed by atoms with van der Waals surface area (Å²) >= 11 is 0. The zero-order valence-electron chi connectivity index (χ0n) is 15.2. The van der Waals surface area contributed by atoms with Crippen molar-refractivity contribution in [2.45, 2.75) is 49.6 Å². The van der Waals surface area contributed by atoms with E-state index in [1.54, 1.807) is 12.1 Å². The van der Waals surface area contributed by atoms with E-state index < -0.39 is 10.0 Å². The Morgan fingerprint density at radius 3 is 2.38 bits per heavy atom. The topological polar surface area (TPSA) is 70.2 Å². The second kappa shape index (κ2) is 8.56. The predicted octanol–water partition coefficient (Wildman–Crippen LogP) is 3.95. The van der Waals surface area contributed by atoms with Crippen molar-refractivity contribution in [2.75, 3.05) is 17.7 Å². The fraction of sp³-hybridized carbons (Fsp3) is 0.400. The van der Waals surface area contributed by atoms with Gasteiger partial charge in [0, 0.05) is 12.6 Å². The summed E-state index contributed by atoms with van der Waals surface area (Å²) in [6.07, 6.45) is 6.12. The van der Waals surface area contributed by atoms with Crippen molar-refractivity contribution < 1.29 is 8.42 Å². The van der Waals surface area contributed by atoms with Crippen LogP contribution in [-0.2, 0) is 16.6 Å². The van der Waals surface area contributed by atoms with Crippen LogP contribution in [0, 0.1) is 0 Å². The Kier molecular flexibility index (Phi) is 6.16. The van der Waals surface area contributed by atoms with Crippen LogP contribution in [-0.4, -0.2) is 21.5 Å². The van der Waals surface area contributed by atoms with Crippen LogP contribution in [0.4, 0.5) is 11.4 Å². The van der Waals surface area contributed by atoms with Crippen molar-refractivity contribution in [1.29, 1.82) is 0 Å². The first kappa shape index (κ1) is 18.7. The van der Waals surface area contributed by atoms with Crippen molar-refractivity contribution in [1.82, 2.24) is 4.72 Å². The second-order valence-corrected chi connectivity index (χ2v) is 8.62. The van der Waals surface area contributed by atoms with Crippen molar-refractivity contribution >= 4 is 21.4 Å². The van der Waals surface area contributed by atoms with Gasteiger partial charge in [-0.1, -0.05) is 49.6 Å². The van der Waals surface area contributed by atoms with E-state index in [2.05, 4.69) is 27.5 Å². The van der Waals surface area contributed by atoms with Gasteiger partial charge in [0.2, 0.25) is 10.0 Å². The summed E-state index contributed by atoms with van der Waals surface area (Å²) in [5.41, 5.74) is 2.93. The molecule has 0 bridgehead atoms. The average molecular weight is 374 g/mol. The van der Waals surface area contributed by atoms with Gasteiger partial charge in [-0.3, -0.25) is 0 Å². The molecule has 0 spiro atoms. The molecule has 1 fully saturated rings. The molecule has 5 nitrogen and oxygen atoms in total. The molecule has 1 aliphatic carbocycles. The Bertz CT molecular complexity index is 816. The first-order valence-corrected chi connectivity index (χ1v) is 10.7. The monoisotopic (exact) mass is 373 g/mol. The van der Waals surface area contributed by atoms with E-state index in [4.69, 9.17) is 0 Å². The molecule has 1 saturated carbocycles. The highest BCUT2D eigenvalue weighted by molar-refractivity contribution is 7.89. The van der Waals surface area contributed by atoms with E-state index in [0.717, 1.165) is 29.8 Å². The molecule has 1 aliphatic rings. The molecule has 0 aliphatic heterocycles. The molecule has 140 valence electrons. The quantitative estimate of drug-likeness (QED) is 0.687. The summed E-state index contributed by atoms with van der Waals surface area (Å²) < 4.78 is 26.7. The summed E-state index contributed by atoms with van der Waals surface area (Å²) in [5, 5.41) is 7.01. The maximum Gasteiger partial charge on any atom is 0.240 e. The molecule has 3 rings (SSSR count). The highest BCUT2D eigenvalue weighted by atomic mass is 32.2. The number of anilines is 2. The van der Waals surface area contributed by atoms with Crippen LogP contribution in [0.25, 0.3) is 0 Å². The number of hydrogen-bond acceptors (Lipinski definition) is 4. The Morgan fingerprint density at radius 2 is 1.69 bits per heavy atom. The molecule has 6 heteroatoms. The molecule has 26 heavy (non-hydrogen) atoms. The molecule has 3 N–H and O–H groups in total. The van der Waals surface area contributed by atoms with Gasteiger partial charge in [0.15, 0.2) is 0 Å². The predicted molar refractivity (Wildman–Crippen MR) is 107 cm³/mol. The van der Waals surface area contributed by atoms with Crippen molar-refractivity contribution in [2.24, 2.45) is 0 Å². The average Bonchev–Trinajstić information content (AvgIpc) is 2.68. The summed E-state index contributed by atoms with van der Waals surface area (Å²) in [6.45, 7) is 0.642. The van der Waals surface area contributed by atoms with E-state index in [1.165, 1.54) is 26.3 Å². The Morgan fingerprint density at radius 1 is 0.962 bits per heavy atom. The van der Waals surface area contributed by atoms with Crippen LogP contribution >= 0.6 is 0 Å². The third-order valence-corrected chi connectivity index (χ3v) is 6.27. The van der Waals surface area contributed by atoms with Gasteiger partial charge in [0.1, 0.15) is 0 Å². The van der Waals surface area contributed by atoms with Gasteiger partial charge in [-0.25, -0.2) is 13.1 Å². The molecule has 0 radical (unpaired) electrons. The van der Waals surface area contributed by atoms with Gasteiger partial charge < -0.3 is 10.6 Å². The van der Waals surface area contributed by atoms with E-state index >= 15 is 0 Å². The molecule has 2 aromatic rings. The van der Waals surface area contributed by atoms with Crippen LogP contribution in [0.3, 0.4) is 0 Å². The van der Waals surface area contributed by atoms with Crippen LogP contribution in [0.2, 0.25) is 0 Å². The maximum absolute atomic E-state index is 12.2. The zero-order chi connectivity index (χ0) is 18.4. The maximum atomic E-state index is 12.2. The van der Waals surface area contributed by atoms with Crippen LogP contribution in [0.5, 0.6) is 0 Å². The number of hydrogen-bond donors (Lipinski definition) is 3. The minimum atomic E-state index is -3.47. The zero-order valence-corrected chi connectivity index (χ0v) is 16.0. The van der Waals surface area contributed by atoms with Crippen LogP contribution < -0.4 is 15.4 Å². The van der Waals surface area contributed by atoms with Crippen LogP contribution in [0.15, 0.2) is 53.4 Å². The third kappa shape index (κ3) is 4.77. The molecule has 0 atom stereocenters. The first-order valence-electron chi connectivity index (χ1n) is 9.20. The van der Waals surface area contributed by atoms with Gasteiger partial charge in [0.25, 0.3) is 0 Å². The van der Waals surface area contributed by atoms with Gasteiger partial charge in [-0.05, 0) is 43.7 Å². The molecular weight excluding hydrogens is 346 g/mol. The third-order valence-electron chi connectivity index (χ3n) is 4.86. The Hall–Kier alpha value is -2.05. The minimum absolute atomic E-state index is 0.268. The molecule has 0 unspecified atom stereocenters. The van der Waals surface area contributed by atoms with E-state index in [0.29, 0.717) is 12.6 Å². The molecule has 0 amide bonds. The second-order valence-electron chi connectivity index (χ2n) is 6.73. The largest absolute Gasteiger partial charge is 0.381 e. The molecule has 2 aromatic carbocycles. The Labute approximate surface area is 156 Å². The summed E-state index contributed by atoms with van der Waals surface area (Å²) in [6, 6.07) is 15.8. The van der Waals surface area contributed by atoms with E-state index in [1.807, 2.05) is 24.3 Å². The molecular formula is C20H27N3O2S. The number of benzene rings is 2. The summed E-state index contributed by atoms with van der Waals surface area (Å²) in [7, 11) is -2.04. The number of sulfonamides is 1. The fourth-order valence-electron chi connectivity index (χ4n) is 3.34. The number of rotatable bonds is 7. The van der Waals surface area contributed by atoms with Crippen LogP contribution in [0.1, 0.15) is 37.7 Å². The highest BCUT2D eigenvalue weighted by Gasteiger charge is 2.17. The van der Waals surface area contributed by atoms with Gasteiger partial charge >= 0.3 is 0 Å². The molecule has 0 aromatic heterocycles. The summed E-state index contributed by atoms with van der Waals surface area (Å²) in [5.74, 6) is 0. The van der Waals surface area contributed by atoms with Crippen molar-refractivity contribution in [3.63, 3.8) is 0 Å². The molecule has 0 heterocycles. The lowest BCUT2D eigenvalue weighted by atomic mass is 9.95. The lowest BCUT2D eigenvalue weighted by Gasteiger charge is -2.25. The summed E-state index contributed by atoms with van der Waals surface area (Å²) in [4.78, 5) is 0.268. The number of nitrogens with one attached hydrogen (secondary N) is 3. The highest BCUT2D eigenvalue weighted by Crippen LogP contribution is 2.29. The lowest BCUT2D eigenvalue weighted by Crippen LogP contribution is -2.23. The standard InChI is InChI=1S/C20H27N3O2S/c1-21-26(24,25)18-12-13-19(23-17-10-6-3-7-11-17)20(14-18)22-15-16-8-4-2-5-9-16/h2,4-5,8-9,12-14,17,21-23H,3,6-7,10-11,15H2,1H3. The van der Waals surface area contributed by atoms with E-state index in [-0.39, 0.29) is 4.90 Å². The van der Waals surface area contributed by atoms with E-state index in [9.17, 15) is 8.42 Å². The van der Waals surface area contributed by atoms with Crippen molar-refractivity contribution in [3.8, 4) is 0 Å². The van der Waals surface area contributed by atoms with Gasteiger partial charge in [0.05, 0.1) is 16.3 Å². The SMILES string of the molecule is CNS(=O)(=O)c1ccc(NC2CCCCC2)c(NCc2ccccc2)c1. The lowest BCUT2D eigenvalue weighted by molar-refractivity contribution is 0.463. The fourth-order valence-corrected chi connectivity index (χ4v) is 4.10. The van der Waals surface area contributed by atoms with Gasteiger partial charge in [-0.2, -0.15) is 0 Å². The smallest absolute Gasteiger partial charge is 0.240 e. The Balaban J connectivity index is 1.84. The van der Waals surface area contributed by atoms with Crippen molar-refractivity contribution in [3.05, 3.63) is 54.1 Å². The first-order chi connectivity index (χ1) is 12.6. The minimum Gasteiger partial charge on any atom is -0.381 e. The van der Waals surface area contributed by atoms with Gasteiger partial charge in [-0.15, -0.1) is 0 Å². The normalized spacial score (nSPS) is 15.6.